The van der Waals surface area contributed by atoms with E-state index in [1.807, 2.05) is 12.1 Å². The Kier molecular flexibility index (Phi) is 5.02. The Balaban J connectivity index is 1.80. The fourth-order valence-corrected chi connectivity index (χ4v) is 2.42. The summed E-state index contributed by atoms with van der Waals surface area (Å²) in [6.45, 7) is 0. The van der Waals surface area contributed by atoms with Crippen LogP contribution in [0.15, 0.2) is 48.5 Å². The van der Waals surface area contributed by atoms with Gasteiger partial charge in [-0.25, -0.2) is 0 Å². The molecule has 1 amide bonds. The number of rotatable bonds is 6. The molecular formula is C18H16N4O5. The van der Waals surface area contributed by atoms with Crippen molar-refractivity contribution in [2.24, 2.45) is 0 Å². The van der Waals surface area contributed by atoms with Crippen molar-refractivity contribution in [3.8, 4) is 22.8 Å². The normalized spacial score (nSPS) is 10.3. The second-order valence-electron chi connectivity index (χ2n) is 5.53. The summed E-state index contributed by atoms with van der Waals surface area (Å²) in [6.07, 6.45) is 0. The van der Waals surface area contributed by atoms with Crippen LogP contribution in [0.25, 0.3) is 11.3 Å². The number of carbonyl (C=O) groups excluding carboxylic acids is 1. The van der Waals surface area contributed by atoms with E-state index in [1.54, 1.807) is 25.3 Å². The highest BCUT2D eigenvalue weighted by Gasteiger charge is 2.15. The van der Waals surface area contributed by atoms with Gasteiger partial charge in [0.15, 0.2) is 0 Å². The summed E-state index contributed by atoms with van der Waals surface area (Å²) in [6, 6.07) is 12.8. The molecular weight excluding hydrogens is 352 g/mol. The van der Waals surface area contributed by atoms with E-state index in [0.29, 0.717) is 11.4 Å². The Bertz CT molecular complexity index is 982. The molecule has 9 nitrogen and oxygen atoms in total. The van der Waals surface area contributed by atoms with Crippen LogP contribution < -0.4 is 14.8 Å². The molecule has 0 aliphatic rings. The molecule has 0 saturated heterocycles. The molecule has 2 N–H and O–H groups in total. The van der Waals surface area contributed by atoms with Gasteiger partial charge in [-0.15, -0.1) is 0 Å². The molecule has 138 valence electrons. The molecule has 0 aliphatic heterocycles. The number of nitro benzene ring substituents is 1. The Labute approximate surface area is 154 Å². The number of aromatic amines is 1. The Morgan fingerprint density at radius 3 is 2.41 bits per heavy atom. The van der Waals surface area contributed by atoms with E-state index < -0.39 is 10.8 Å². The second-order valence-corrected chi connectivity index (χ2v) is 5.53. The van der Waals surface area contributed by atoms with E-state index in [4.69, 9.17) is 9.47 Å². The van der Waals surface area contributed by atoms with Gasteiger partial charge < -0.3 is 14.8 Å². The minimum atomic E-state index is -0.559. The smallest absolute Gasteiger partial charge is 0.275 e. The lowest BCUT2D eigenvalue weighted by atomic mass is 10.1. The topological polar surface area (TPSA) is 119 Å². The van der Waals surface area contributed by atoms with Crippen LogP contribution in [-0.4, -0.2) is 35.2 Å². The summed E-state index contributed by atoms with van der Waals surface area (Å²) in [5.74, 6) is 0.500. The fourth-order valence-electron chi connectivity index (χ4n) is 2.42. The number of methoxy groups -OCH3 is 2. The number of non-ortho nitro benzene ring substituents is 1. The lowest BCUT2D eigenvalue weighted by molar-refractivity contribution is -0.384. The van der Waals surface area contributed by atoms with Crippen molar-refractivity contribution in [3.63, 3.8) is 0 Å². The molecule has 0 radical (unpaired) electrons. The summed E-state index contributed by atoms with van der Waals surface area (Å²) in [7, 11) is 2.97. The number of benzene rings is 2. The number of aromatic nitrogens is 2. The highest BCUT2D eigenvalue weighted by atomic mass is 16.6. The Hall–Kier alpha value is -3.88. The average molecular weight is 368 g/mol. The predicted octanol–water partition coefficient (Wildman–Crippen LogP) is 3.25. The maximum atomic E-state index is 12.4. The van der Waals surface area contributed by atoms with Crippen LogP contribution in [0.5, 0.6) is 11.5 Å². The molecule has 3 aromatic rings. The third-order valence-corrected chi connectivity index (χ3v) is 3.80. The largest absolute Gasteiger partial charge is 0.497 e. The van der Waals surface area contributed by atoms with Gasteiger partial charge in [0.05, 0.1) is 36.6 Å². The molecule has 1 aromatic heterocycles. The summed E-state index contributed by atoms with van der Waals surface area (Å²) < 4.78 is 10.1. The zero-order valence-corrected chi connectivity index (χ0v) is 14.6. The molecule has 9 heteroatoms. The van der Waals surface area contributed by atoms with Gasteiger partial charge >= 0.3 is 0 Å². The first-order valence-corrected chi connectivity index (χ1v) is 7.85. The van der Waals surface area contributed by atoms with Gasteiger partial charge in [-0.05, 0) is 30.3 Å². The molecule has 0 fully saturated rings. The van der Waals surface area contributed by atoms with Gasteiger partial charge in [0.1, 0.15) is 17.2 Å². The molecule has 0 spiro atoms. The van der Waals surface area contributed by atoms with Crippen LogP contribution in [0.1, 0.15) is 10.5 Å². The molecule has 0 atom stereocenters. The van der Waals surface area contributed by atoms with Crippen molar-refractivity contribution >= 4 is 17.3 Å². The maximum Gasteiger partial charge on any atom is 0.275 e. The van der Waals surface area contributed by atoms with Gasteiger partial charge in [-0.3, -0.25) is 20.0 Å². The Morgan fingerprint density at radius 2 is 1.78 bits per heavy atom. The summed E-state index contributed by atoms with van der Waals surface area (Å²) in [5.41, 5.74) is 1.66. The summed E-state index contributed by atoms with van der Waals surface area (Å²) in [4.78, 5) is 22.9. The van der Waals surface area contributed by atoms with E-state index in [1.165, 1.54) is 25.3 Å². The van der Waals surface area contributed by atoms with Crippen molar-refractivity contribution in [1.29, 1.82) is 0 Å². The van der Waals surface area contributed by atoms with Gasteiger partial charge in [0, 0.05) is 17.7 Å². The van der Waals surface area contributed by atoms with E-state index in [0.717, 1.165) is 5.56 Å². The number of nitrogens with one attached hydrogen (secondary N) is 2. The van der Waals surface area contributed by atoms with Crippen LogP contribution in [0, 0.1) is 10.1 Å². The maximum absolute atomic E-state index is 12.4. The van der Waals surface area contributed by atoms with Crippen LogP contribution >= 0.6 is 0 Å². The predicted molar refractivity (Wildman–Crippen MR) is 98.2 cm³/mol. The number of nitrogens with zero attached hydrogens (tertiary/aromatic N) is 2. The molecule has 0 unspecified atom stereocenters. The average Bonchev–Trinajstić information content (AvgIpc) is 3.18. The number of hydrogen-bond donors (Lipinski definition) is 2. The van der Waals surface area contributed by atoms with Crippen LogP contribution in [-0.2, 0) is 0 Å². The number of anilines is 1. The quantitative estimate of drug-likeness (QED) is 0.509. The van der Waals surface area contributed by atoms with Crippen molar-refractivity contribution < 1.29 is 19.2 Å². The summed E-state index contributed by atoms with van der Waals surface area (Å²) in [5, 5.41) is 20.4. The van der Waals surface area contributed by atoms with E-state index in [-0.39, 0.29) is 22.8 Å². The molecule has 0 aliphatic carbocycles. The van der Waals surface area contributed by atoms with Crippen LogP contribution in [0.3, 0.4) is 0 Å². The number of H-pyrrole nitrogens is 1. The highest BCUT2D eigenvalue weighted by Crippen LogP contribution is 2.26. The third kappa shape index (κ3) is 4.03. The first kappa shape index (κ1) is 17.9. The number of ether oxygens (including phenoxy) is 2. The molecule has 1 heterocycles. The number of carbonyl (C=O) groups is 1. The zero-order valence-electron chi connectivity index (χ0n) is 14.6. The first-order valence-electron chi connectivity index (χ1n) is 7.85. The minimum Gasteiger partial charge on any atom is -0.497 e. The van der Waals surface area contributed by atoms with E-state index >= 15 is 0 Å². The monoisotopic (exact) mass is 368 g/mol. The van der Waals surface area contributed by atoms with Crippen LogP contribution in [0.2, 0.25) is 0 Å². The second kappa shape index (κ2) is 7.56. The lowest BCUT2D eigenvalue weighted by Crippen LogP contribution is -2.12. The van der Waals surface area contributed by atoms with Gasteiger partial charge in [0.25, 0.3) is 11.6 Å². The molecule has 0 saturated carbocycles. The molecule has 3 rings (SSSR count). The van der Waals surface area contributed by atoms with Crippen molar-refractivity contribution in [2.45, 2.75) is 0 Å². The number of amides is 1. The van der Waals surface area contributed by atoms with E-state index in [9.17, 15) is 14.9 Å². The standard InChI is InChI=1S/C18H16N4O5/c1-26-14-5-3-11(4-6-14)16-10-17(21-20-16)18(23)19-12-7-13(22(24)25)9-15(8-12)27-2/h3-10H,1-2H3,(H,19,23)(H,20,21). The first-order chi connectivity index (χ1) is 13.0. The Morgan fingerprint density at radius 1 is 1.07 bits per heavy atom. The van der Waals surface area contributed by atoms with Crippen molar-refractivity contribution in [3.05, 3.63) is 64.3 Å². The number of nitro groups is 1. The summed E-state index contributed by atoms with van der Waals surface area (Å²) >= 11 is 0. The highest BCUT2D eigenvalue weighted by molar-refractivity contribution is 6.03. The molecule has 0 bridgehead atoms. The van der Waals surface area contributed by atoms with Crippen molar-refractivity contribution in [2.75, 3.05) is 19.5 Å². The SMILES string of the molecule is COc1ccc(-c2cc(C(=O)Nc3cc(OC)cc([N+](=O)[O-])c3)[nH]n2)cc1. The fraction of sp³-hybridized carbons (Fsp3) is 0.111. The van der Waals surface area contributed by atoms with Gasteiger partial charge in [0.2, 0.25) is 0 Å². The van der Waals surface area contributed by atoms with Crippen LogP contribution in [0.4, 0.5) is 11.4 Å². The number of hydrogen-bond acceptors (Lipinski definition) is 6. The zero-order chi connectivity index (χ0) is 19.4. The van der Waals surface area contributed by atoms with Gasteiger partial charge in [-0.1, -0.05) is 0 Å². The van der Waals surface area contributed by atoms with Gasteiger partial charge in [-0.2, -0.15) is 5.10 Å². The molecule has 27 heavy (non-hydrogen) atoms. The third-order valence-electron chi connectivity index (χ3n) is 3.80. The minimum absolute atomic E-state index is 0.187. The van der Waals surface area contributed by atoms with E-state index in [2.05, 4.69) is 15.5 Å². The lowest BCUT2D eigenvalue weighted by Gasteiger charge is -2.06. The van der Waals surface area contributed by atoms with Crippen molar-refractivity contribution in [1.82, 2.24) is 10.2 Å². The molecule has 2 aromatic carbocycles.